The van der Waals surface area contributed by atoms with Gasteiger partial charge in [0.05, 0.1) is 11.5 Å². The lowest BCUT2D eigenvalue weighted by molar-refractivity contribution is 0.185. The number of nitrogens with one attached hydrogen (secondary N) is 2. The minimum atomic E-state index is -3.18. The van der Waals surface area contributed by atoms with Crippen LogP contribution in [0.2, 0.25) is 0 Å². The van der Waals surface area contributed by atoms with Crippen LogP contribution in [-0.2, 0) is 21.1 Å². The molecule has 1 atom stereocenters. The third-order valence-corrected chi connectivity index (χ3v) is 4.51. The Morgan fingerprint density at radius 2 is 2.00 bits per heavy atom. The van der Waals surface area contributed by atoms with Crippen LogP contribution >= 0.6 is 0 Å². The number of hydrogen-bond donors (Lipinski definition) is 2. The van der Waals surface area contributed by atoms with Crippen molar-refractivity contribution in [2.24, 2.45) is 5.92 Å². The van der Waals surface area contributed by atoms with Gasteiger partial charge in [0.15, 0.2) is 9.84 Å². The summed E-state index contributed by atoms with van der Waals surface area (Å²) in [5, 5.41) is 5.55. The van der Waals surface area contributed by atoms with Crippen LogP contribution in [0.25, 0.3) is 0 Å². The summed E-state index contributed by atoms with van der Waals surface area (Å²) in [4.78, 5) is 11.9. The van der Waals surface area contributed by atoms with Gasteiger partial charge in [-0.05, 0) is 24.1 Å². The first-order chi connectivity index (χ1) is 9.95. The van der Waals surface area contributed by atoms with E-state index in [1.807, 2.05) is 0 Å². The summed E-state index contributed by atoms with van der Waals surface area (Å²) in [5.41, 5.74) is 0.849. The molecule has 1 fully saturated rings. The maximum atomic E-state index is 11.6. The highest BCUT2D eigenvalue weighted by Gasteiger charge is 2.16. The predicted molar refractivity (Wildman–Crippen MR) is 78.7 cm³/mol. The molecule has 1 aliphatic heterocycles. The van der Waals surface area contributed by atoms with E-state index in [4.69, 9.17) is 4.74 Å². The molecular weight excluding hydrogens is 292 g/mol. The summed E-state index contributed by atoms with van der Waals surface area (Å²) in [6.07, 6.45) is 2.15. The van der Waals surface area contributed by atoms with Crippen LogP contribution in [0.3, 0.4) is 0 Å². The average Bonchev–Trinajstić information content (AvgIpc) is 2.95. The molecule has 1 aromatic rings. The van der Waals surface area contributed by atoms with Crippen molar-refractivity contribution in [2.75, 3.05) is 26.0 Å². The minimum Gasteiger partial charge on any atom is -0.381 e. The van der Waals surface area contributed by atoms with E-state index in [2.05, 4.69) is 10.6 Å². The number of carbonyl (C=O) groups excluding carboxylic acids is 1. The molecule has 116 valence electrons. The summed E-state index contributed by atoms with van der Waals surface area (Å²) >= 11 is 0. The fourth-order valence-electron chi connectivity index (χ4n) is 2.08. The number of sulfone groups is 1. The SMILES string of the molecule is CS(=O)(=O)c1ccc(CNC(=O)NC[C@H]2CCOC2)cc1. The topological polar surface area (TPSA) is 84.5 Å². The van der Waals surface area contributed by atoms with Crippen molar-refractivity contribution in [2.45, 2.75) is 17.9 Å². The number of urea groups is 1. The van der Waals surface area contributed by atoms with E-state index < -0.39 is 9.84 Å². The second kappa shape index (κ2) is 6.91. The number of hydrogen-bond acceptors (Lipinski definition) is 4. The van der Waals surface area contributed by atoms with E-state index in [0.29, 0.717) is 25.6 Å². The van der Waals surface area contributed by atoms with Gasteiger partial charge in [-0.3, -0.25) is 0 Å². The quantitative estimate of drug-likeness (QED) is 0.847. The van der Waals surface area contributed by atoms with Gasteiger partial charge in [-0.25, -0.2) is 13.2 Å². The summed E-state index contributed by atoms with van der Waals surface area (Å²) in [5.74, 6) is 0.393. The van der Waals surface area contributed by atoms with E-state index in [9.17, 15) is 13.2 Å². The van der Waals surface area contributed by atoms with Crippen LogP contribution < -0.4 is 10.6 Å². The summed E-state index contributed by atoms with van der Waals surface area (Å²) in [7, 11) is -3.18. The molecule has 21 heavy (non-hydrogen) atoms. The molecule has 1 saturated heterocycles. The Bertz CT molecular complexity index is 577. The molecule has 2 rings (SSSR count). The number of ether oxygens (including phenoxy) is 1. The Hall–Kier alpha value is -1.60. The number of amides is 2. The molecule has 1 heterocycles. The molecule has 0 spiro atoms. The molecule has 0 bridgehead atoms. The normalized spacial score (nSPS) is 18.4. The minimum absolute atomic E-state index is 0.228. The lowest BCUT2D eigenvalue weighted by Gasteiger charge is -2.11. The molecule has 1 aliphatic rings. The predicted octanol–water partition coefficient (Wildman–Crippen LogP) is 0.926. The molecule has 7 heteroatoms. The first-order valence-electron chi connectivity index (χ1n) is 6.83. The van der Waals surface area contributed by atoms with E-state index in [1.165, 1.54) is 6.26 Å². The fourth-order valence-corrected chi connectivity index (χ4v) is 2.71. The molecular formula is C14H20N2O4S. The molecule has 0 saturated carbocycles. The van der Waals surface area contributed by atoms with Gasteiger partial charge in [0.2, 0.25) is 0 Å². The first kappa shape index (κ1) is 15.8. The Morgan fingerprint density at radius 1 is 1.29 bits per heavy atom. The number of carbonyl (C=O) groups is 1. The van der Waals surface area contributed by atoms with E-state index in [-0.39, 0.29) is 10.9 Å². The van der Waals surface area contributed by atoms with Crippen molar-refractivity contribution in [1.29, 1.82) is 0 Å². The molecule has 0 unspecified atom stereocenters. The zero-order valence-electron chi connectivity index (χ0n) is 12.0. The Balaban J connectivity index is 1.75. The van der Waals surface area contributed by atoms with Crippen molar-refractivity contribution >= 4 is 15.9 Å². The highest BCUT2D eigenvalue weighted by atomic mass is 32.2. The second-order valence-electron chi connectivity index (χ2n) is 5.21. The Kier molecular flexibility index (Phi) is 5.19. The zero-order valence-corrected chi connectivity index (χ0v) is 12.8. The van der Waals surface area contributed by atoms with Gasteiger partial charge in [-0.15, -0.1) is 0 Å². The largest absolute Gasteiger partial charge is 0.381 e. The summed E-state index contributed by atoms with van der Waals surface area (Å²) in [6.45, 7) is 2.43. The van der Waals surface area contributed by atoms with Crippen molar-refractivity contribution in [3.8, 4) is 0 Å². The van der Waals surface area contributed by atoms with Crippen LogP contribution in [0.15, 0.2) is 29.2 Å². The summed E-state index contributed by atoms with van der Waals surface area (Å²) in [6, 6.07) is 6.25. The third-order valence-electron chi connectivity index (χ3n) is 3.38. The number of benzene rings is 1. The average molecular weight is 312 g/mol. The highest BCUT2D eigenvalue weighted by Crippen LogP contribution is 2.11. The van der Waals surface area contributed by atoms with E-state index >= 15 is 0 Å². The van der Waals surface area contributed by atoms with Gasteiger partial charge in [0.1, 0.15) is 0 Å². The van der Waals surface area contributed by atoms with Crippen molar-refractivity contribution in [3.63, 3.8) is 0 Å². The fraction of sp³-hybridized carbons (Fsp3) is 0.500. The van der Waals surface area contributed by atoms with Gasteiger partial charge in [0, 0.05) is 31.9 Å². The molecule has 0 radical (unpaired) electrons. The molecule has 2 amide bonds. The smallest absolute Gasteiger partial charge is 0.315 e. The zero-order chi connectivity index (χ0) is 15.3. The summed E-state index contributed by atoms with van der Waals surface area (Å²) < 4.78 is 27.9. The standard InChI is InChI=1S/C14H20N2O4S/c1-21(18,19)13-4-2-11(3-5-13)8-15-14(17)16-9-12-6-7-20-10-12/h2-5,12H,6-10H2,1H3,(H2,15,16,17)/t12-/m1/s1. The number of rotatable bonds is 5. The Labute approximate surface area is 124 Å². The molecule has 0 aromatic heterocycles. The van der Waals surface area contributed by atoms with Gasteiger partial charge >= 0.3 is 6.03 Å². The maximum Gasteiger partial charge on any atom is 0.315 e. The van der Waals surface area contributed by atoms with Gasteiger partial charge in [-0.2, -0.15) is 0 Å². The monoisotopic (exact) mass is 312 g/mol. The Morgan fingerprint density at radius 3 is 2.57 bits per heavy atom. The first-order valence-corrected chi connectivity index (χ1v) is 8.73. The van der Waals surface area contributed by atoms with Crippen LogP contribution in [0.4, 0.5) is 4.79 Å². The maximum absolute atomic E-state index is 11.6. The van der Waals surface area contributed by atoms with Gasteiger partial charge in [-0.1, -0.05) is 12.1 Å². The lowest BCUT2D eigenvalue weighted by atomic mass is 10.1. The van der Waals surface area contributed by atoms with Gasteiger partial charge in [0.25, 0.3) is 0 Å². The molecule has 2 N–H and O–H groups in total. The molecule has 6 nitrogen and oxygen atoms in total. The molecule has 0 aliphatic carbocycles. The van der Waals surface area contributed by atoms with Crippen molar-refractivity contribution in [3.05, 3.63) is 29.8 Å². The van der Waals surface area contributed by atoms with Crippen LogP contribution in [-0.4, -0.2) is 40.5 Å². The second-order valence-corrected chi connectivity index (χ2v) is 7.23. The van der Waals surface area contributed by atoms with Gasteiger partial charge < -0.3 is 15.4 Å². The van der Waals surface area contributed by atoms with Crippen molar-refractivity contribution in [1.82, 2.24) is 10.6 Å². The van der Waals surface area contributed by atoms with Crippen LogP contribution in [0, 0.1) is 5.92 Å². The highest BCUT2D eigenvalue weighted by molar-refractivity contribution is 7.90. The van der Waals surface area contributed by atoms with Crippen molar-refractivity contribution < 1.29 is 17.9 Å². The van der Waals surface area contributed by atoms with Crippen LogP contribution in [0.5, 0.6) is 0 Å². The van der Waals surface area contributed by atoms with E-state index in [1.54, 1.807) is 24.3 Å². The third kappa shape index (κ3) is 5.02. The molecule has 1 aromatic carbocycles. The lowest BCUT2D eigenvalue weighted by Crippen LogP contribution is -2.38. The van der Waals surface area contributed by atoms with E-state index in [0.717, 1.165) is 18.6 Å². The van der Waals surface area contributed by atoms with Crippen LogP contribution in [0.1, 0.15) is 12.0 Å².